The molecule has 0 bridgehead atoms. The van der Waals surface area contributed by atoms with Gasteiger partial charge in [-0.25, -0.2) is 0 Å². The van der Waals surface area contributed by atoms with Gasteiger partial charge in [0, 0.05) is 18.2 Å². The van der Waals surface area contributed by atoms with E-state index in [1.807, 2.05) is 6.92 Å². The van der Waals surface area contributed by atoms with Crippen LogP contribution in [0.2, 0.25) is 0 Å². The van der Waals surface area contributed by atoms with Crippen molar-refractivity contribution in [2.45, 2.75) is 13.3 Å². The van der Waals surface area contributed by atoms with Gasteiger partial charge in [-0.1, -0.05) is 12.0 Å². The highest BCUT2D eigenvalue weighted by Crippen LogP contribution is 2.16. The van der Waals surface area contributed by atoms with E-state index in [1.165, 1.54) is 0 Å². The zero-order chi connectivity index (χ0) is 8.27. The molecule has 0 amide bonds. The summed E-state index contributed by atoms with van der Waals surface area (Å²) in [5, 5.41) is 7.60. The second-order valence-corrected chi connectivity index (χ2v) is 2.18. The van der Waals surface area contributed by atoms with Crippen LogP contribution >= 0.6 is 0 Å². The Morgan fingerprint density at radius 3 is 3.09 bits per heavy atom. The predicted octanol–water partition coefficient (Wildman–Crippen LogP) is 1.92. The van der Waals surface area contributed by atoms with Crippen molar-refractivity contribution in [2.75, 3.05) is 0 Å². The first-order valence-electron chi connectivity index (χ1n) is 3.35. The maximum Gasteiger partial charge on any atom is 0.0787 e. The van der Waals surface area contributed by atoms with Crippen molar-refractivity contribution in [1.29, 1.82) is 0 Å². The summed E-state index contributed by atoms with van der Waals surface area (Å²) in [5.74, 6) is 0. The van der Waals surface area contributed by atoms with Gasteiger partial charge in [-0.15, -0.1) is 0 Å². The van der Waals surface area contributed by atoms with E-state index in [4.69, 9.17) is 5.53 Å². The van der Waals surface area contributed by atoms with Gasteiger partial charge in [0.2, 0.25) is 0 Å². The Balaban J connectivity index is 3.11. The minimum atomic E-state index is 0.623. The number of azide groups is 1. The molecule has 0 aliphatic heterocycles. The fourth-order valence-corrected chi connectivity index (χ4v) is 0.906. The molecular formula is C6H9N5. The Kier molecular flexibility index (Phi) is 2.13. The van der Waals surface area contributed by atoms with Crippen LogP contribution in [0, 0.1) is 0 Å². The summed E-state index contributed by atoms with van der Waals surface area (Å²) >= 11 is 0. The highest BCUT2D eigenvalue weighted by molar-refractivity contribution is 5.39. The average Bonchev–Trinajstić information content (AvgIpc) is 2.32. The van der Waals surface area contributed by atoms with Gasteiger partial charge in [-0.2, -0.15) is 5.10 Å². The molecular weight excluding hydrogens is 142 g/mol. The molecule has 1 aromatic heterocycles. The fourth-order valence-electron chi connectivity index (χ4n) is 0.906. The molecule has 1 heterocycles. The summed E-state index contributed by atoms with van der Waals surface area (Å²) in [5.41, 5.74) is 9.63. The minimum Gasteiger partial charge on any atom is -0.275 e. The van der Waals surface area contributed by atoms with Crippen LogP contribution in [0.5, 0.6) is 0 Å². The molecule has 0 aliphatic rings. The Morgan fingerprint density at radius 2 is 2.55 bits per heavy atom. The van der Waals surface area contributed by atoms with E-state index in [2.05, 4.69) is 15.1 Å². The van der Waals surface area contributed by atoms with Crippen molar-refractivity contribution in [2.24, 2.45) is 12.2 Å². The number of aromatic nitrogens is 2. The second-order valence-electron chi connectivity index (χ2n) is 2.18. The molecule has 58 valence electrons. The molecule has 0 fully saturated rings. The lowest BCUT2D eigenvalue weighted by Gasteiger charge is -1.86. The van der Waals surface area contributed by atoms with Crippen LogP contribution in [0.4, 0.5) is 5.69 Å². The van der Waals surface area contributed by atoms with Crippen molar-refractivity contribution in [3.05, 3.63) is 22.3 Å². The molecule has 5 heteroatoms. The third-order valence-corrected chi connectivity index (χ3v) is 1.37. The van der Waals surface area contributed by atoms with E-state index in [0.717, 1.165) is 12.1 Å². The molecule has 0 atom stereocenters. The summed E-state index contributed by atoms with van der Waals surface area (Å²) in [4.78, 5) is 2.70. The third kappa shape index (κ3) is 1.50. The molecule has 0 saturated carbocycles. The number of hydrogen-bond donors (Lipinski definition) is 0. The zero-order valence-corrected chi connectivity index (χ0v) is 6.52. The van der Waals surface area contributed by atoms with Crippen LogP contribution in [-0.4, -0.2) is 9.78 Å². The van der Waals surface area contributed by atoms with Crippen molar-refractivity contribution in [3.63, 3.8) is 0 Å². The van der Waals surface area contributed by atoms with E-state index < -0.39 is 0 Å². The Bertz CT molecular complexity index is 294. The van der Waals surface area contributed by atoms with Crippen LogP contribution < -0.4 is 0 Å². The summed E-state index contributed by atoms with van der Waals surface area (Å²) in [6, 6.07) is 0. The highest BCUT2D eigenvalue weighted by Gasteiger charge is 2.01. The second kappa shape index (κ2) is 3.07. The molecule has 0 N–H and O–H groups in total. The number of rotatable bonds is 2. The van der Waals surface area contributed by atoms with Crippen molar-refractivity contribution >= 4 is 5.69 Å². The molecule has 1 rings (SSSR count). The molecule has 0 aliphatic carbocycles. The fraction of sp³-hybridized carbons (Fsp3) is 0.500. The van der Waals surface area contributed by atoms with Crippen LogP contribution in [0.15, 0.2) is 11.3 Å². The van der Waals surface area contributed by atoms with Gasteiger partial charge in [-0.3, -0.25) is 4.68 Å². The SMILES string of the molecule is CCc1nn(C)cc1N=[N+]=[N-]. The van der Waals surface area contributed by atoms with Gasteiger partial charge in [0.05, 0.1) is 11.4 Å². The van der Waals surface area contributed by atoms with Gasteiger partial charge in [0.15, 0.2) is 0 Å². The standard InChI is InChI=1S/C6H9N5/c1-3-5-6(8-10-7)4-11(2)9-5/h4H,3H2,1-2H3. The van der Waals surface area contributed by atoms with E-state index in [1.54, 1.807) is 17.9 Å². The molecule has 0 radical (unpaired) electrons. The lowest BCUT2D eigenvalue weighted by Crippen LogP contribution is -1.88. The highest BCUT2D eigenvalue weighted by atomic mass is 15.3. The molecule has 0 saturated heterocycles. The summed E-state index contributed by atoms with van der Waals surface area (Å²) in [7, 11) is 1.80. The predicted molar refractivity (Wildman–Crippen MR) is 41.4 cm³/mol. The number of hydrogen-bond acceptors (Lipinski definition) is 2. The van der Waals surface area contributed by atoms with Gasteiger partial charge in [-0.05, 0) is 12.0 Å². The first kappa shape index (κ1) is 7.63. The van der Waals surface area contributed by atoms with Crippen LogP contribution in [0.1, 0.15) is 12.6 Å². The van der Waals surface area contributed by atoms with Crippen LogP contribution in [0.3, 0.4) is 0 Å². The molecule has 1 aromatic rings. The Labute approximate surface area is 64.3 Å². The first-order chi connectivity index (χ1) is 5.27. The van der Waals surface area contributed by atoms with Crippen LogP contribution in [-0.2, 0) is 13.5 Å². The van der Waals surface area contributed by atoms with E-state index >= 15 is 0 Å². The molecule has 0 unspecified atom stereocenters. The van der Waals surface area contributed by atoms with Gasteiger partial charge in [0.1, 0.15) is 0 Å². The average molecular weight is 151 g/mol. The smallest absolute Gasteiger partial charge is 0.0787 e. The van der Waals surface area contributed by atoms with E-state index in [0.29, 0.717) is 5.69 Å². The maximum absolute atomic E-state index is 8.17. The minimum absolute atomic E-state index is 0.623. The van der Waals surface area contributed by atoms with Crippen molar-refractivity contribution in [1.82, 2.24) is 9.78 Å². The largest absolute Gasteiger partial charge is 0.275 e. The quantitative estimate of drug-likeness (QED) is 0.361. The van der Waals surface area contributed by atoms with Gasteiger partial charge < -0.3 is 0 Å². The van der Waals surface area contributed by atoms with E-state index in [-0.39, 0.29) is 0 Å². The maximum atomic E-state index is 8.17. The van der Waals surface area contributed by atoms with Crippen molar-refractivity contribution < 1.29 is 0 Å². The number of nitrogens with zero attached hydrogens (tertiary/aromatic N) is 5. The molecule has 11 heavy (non-hydrogen) atoms. The summed E-state index contributed by atoms with van der Waals surface area (Å²) in [6.07, 6.45) is 2.49. The van der Waals surface area contributed by atoms with Crippen LogP contribution in [0.25, 0.3) is 10.4 Å². The van der Waals surface area contributed by atoms with Crippen molar-refractivity contribution in [3.8, 4) is 0 Å². The molecule has 0 aromatic carbocycles. The lowest BCUT2D eigenvalue weighted by atomic mass is 10.3. The molecule has 5 nitrogen and oxygen atoms in total. The van der Waals surface area contributed by atoms with Gasteiger partial charge in [0.25, 0.3) is 0 Å². The van der Waals surface area contributed by atoms with Gasteiger partial charge >= 0.3 is 0 Å². The summed E-state index contributed by atoms with van der Waals surface area (Å²) < 4.78 is 1.64. The summed E-state index contributed by atoms with van der Waals surface area (Å²) in [6.45, 7) is 1.97. The third-order valence-electron chi connectivity index (χ3n) is 1.37. The lowest BCUT2D eigenvalue weighted by molar-refractivity contribution is 0.746. The topological polar surface area (TPSA) is 66.6 Å². The monoisotopic (exact) mass is 151 g/mol. The zero-order valence-electron chi connectivity index (χ0n) is 6.52. The van der Waals surface area contributed by atoms with E-state index in [9.17, 15) is 0 Å². The number of aryl methyl sites for hydroxylation is 2. The first-order valence-corrected chi connectivity index (χ1v) is 3.35. The normalized spacial score (nSPS) is 9.27. The Hall–Kier alpha value is -1.48. The Morgan fingerprint density at radius 1 is 1.82 bits per heavy atom. The molecule has 0 spiro atoms.